The molecular weight excluding hydrogens is 138 g/mol. The first-order chi connectivity index (χ1) is 2.81. The lowest BCUT2D eigenvalue weighted by Gasteiger charge is -1.94. The van der Waals surface area contributed by atoms with Crippen molar-refractivity contribution in [1.29, 1.82) is 0 Å². The first-order valence-electron chi connectivity index (χ1n) is 1.78. The molecule has 0 N–H and O–H groups in total. The fourth-order valence-electron chi connectivity index (χ4n) is 0.0845. The molecule has 0 saturated carbocycles. The van der Waals surface area contributed by atoms with Crippen LogP contribution in [0.4, 0.5) is 0 Å². The Labute approximate surface area is 49.4 Å². The fraction of sp³-hybridized carbons (Fsp3) is 1.00. The second-order valence-corrected chi connectivity index (χ2v) is 4.85. The van der Waals surface area contributed by atoms with Crippen LogP contribution in [0.5, 0.6) is 0 Å². The van der Waals surface area contributed by atoms with Gasteiger partial charge in [-0.05, 0) is 6.16 Å². The average molecular weight is 145 g/mol. The predicted molar refractivity (Wildman–Crippen MR) is 34.0 cm³/mol. The van der Waals surface area contributed by atoms with Crippen LogP contribution in [-0.2, 0) is 0 Å². The van der Waals surface area contributed by atoms with Crippen LogP contribution in [-0.4, -0.2) is 11.8 Å². The van der Waals surface area contributed by atoms with Gasteiger partial charge in [0.1, 0.15) is 0 Å². The quantitative estimate of drug-likeness (QED) is 0.414. The average Bonchev–Trinajstić information content (AvgIpc) is 1.65. The largest absolute Gasteiger partial charge is 0.120 e. The highest BCUT2D eigenvalue weighted by atomic mass is 35.7. The standard InChI is InChI=1S/C3H7Cl2P/c1-2-6(5)3-4/h2-3H2,1H3. The summed E-state index contributed by atoms with van der Waals surface area (Å²) in [6.45, 7) is 2.04. The van der Waals surface area contributed by atoms with Crippen molar-refractivity contribution in [2.45, 2.75) is 6.92 Å². The molecule has 0 aliphatic rings. The first kappa shape index (κ1) is 7.01. The molecule has 1 unspecified atom stereocenters. The number of hydrogen-bond donors (Lipinski definition) is 0. The van der Waals surface area contributed by atoms with Crippen molar-refractivity contribution in [1.82, 2.24) is 0 Å². The van der Waals surface area contributed by atoms with Crippen molar-refractivity contribution < 1.29 is 0 Å². The summed E-state index contributed by atoms with van der Waals surface area (Å²) in [5.74, 6) is 0. The third-order valence-electron chi connectivity index (χ3n) is 0.473. The van der Waals surface area contributed by atoms with E-state index in [1.54, 1.807) is 0 Å². The topological polar surface area (TPSA) is 0 Å². The summed E-state index contributed by atoms with van der Waals surface area (Å²) in [4.78, 5) is 0. The van der Waals surface area contributed by atoms with Gasteiger partial charge in [0.15, 0.2) is 0 Å². The summed E-state index contributed by atoms with van der Waals surface area (Å²) in [6.07, 6.45) is 1.03. The van der Waals surface area contributed by atoms with Gasteiger partial charge in [0.05, 0.1) is 5.62 Å². The molecule has 0 amide bonds. The molecule has 1 atom stereocenters. The SMILES string of the molecule is CCP(Cl)CCl. The molecule has 6 heavy (non-hydrogen) atoms. The smallest absolute Gasteiger partial charge is 0.0564 e. The van der Waals surface area contributed by atoms with Gasteiger partial charge in [-0.1, -0.05) is 18.2 Å². The van der Waals surface area contributed by atoms with Gasteiger partial charge in [0, 0.05) is 7.27 Å². The van der Waals surface area contributed by atoms with Crippen molar-refractivity contribution in [3.63, 3.8) is 0 Å². The molecule has 0 radical (unpaired) electrons. The van der Waals surface area contributed by atoms with Crippen LogP contribution >= 0.6 is 30.1 Å². The maximum Gasteiger partial charge on any atom is 0.0564 e. The highest BCUT2D eigenvalue weighted by Gasteiger charge is 1.92. The van der Waals surface area contributed by atoms with E-state index >= 15 is 0 Å². The van der Waals surface area contributed by atoms with Gasteiger partial charge in [0.2, 0.25) is 0 Å². The lowest BCUT2D eigenvalue weighted by Crippen LogP contribution is -1.65. The minimum atomic E-state index is -0.338. The van der Waals surface area contributed by atoms with E-state index in [9.17, 15) is 0 Å². The Morgan fingerprint density at radius 3 is 2.17 bits per heavy atom. The van der Waals surface area contributed by atoms with Crippen molar-refractivity contribution in [2.24, 2.45) is 0 Å². The highest BCUT2D eigenvalue weighted by molar-refractivity contribution is 7.84. The van der Waals surface area contributed by atoms with E-state index in [4.69, 9.17) is 22.8 Å². The summed E-state index contributed by atoms with van der Waals surface area (Å²) in [7, 11) is -0.338. The van der Waals surface area contributed by atoms with E-state index in [0.29, 0.717) is 5.62 Å². The predicted octanol–water partition coefficient (Wildman–Crippen LogP) is 2.84. The van der Waals surface area contributed by atoms with E-state index < -0.39 is 0 Å². The highest BCUT2D eigenvalue weighted by Crippen LogP contribution is 2.40. The number of hydrogen-bond acceptors (Lipinski definition) is 0. The van der Waals surface area contributed by atoms with E-state index in [-0.39, 0.29) is 7.27 Å². The summed E-state index contributed by atoms with van der Waals surface area (Å²) in [5.41, 5.74) is 0.632. The van der Waals surface area contributed by atoms with Gasteiger partial charge < -0.3 is 0 Å². The number of alkyl halides is 1. The third-order valence-corrected chi connectivity index (χ3v) is 3.73. The van der Waals surface area contributed by atoms with Crippen molar-refractivity contribution in [3.05, 3.63) is 0 Å². The molecule has 0 nitrogen and oxygen atoms in total. The van der Waals surface area contributed by atoms with E-state index in [2.05, 4.69) is 0 Å². The van der Waals surface area contributed by atoms with Gasteiger partial charge in [-0.2, -0.15) is 0 Å². The molecule has 3 heteroatoms. The molecular formula is C3H7Cl2P. The molecule has 0 rings (SSSR count). The summed E-state index contributed by atoms with van der Waals surface area (Å²) >= 11 is 10.9. The molecule has 0 aromatic rings. The van der Waals surface area contributed by atoms with Gasteiger partial charge in [-0.25, -0.2) is 0 Å². The molecule has 0 aliphatic heterocycles. The monoisotopic (exact) mass is 144 g/mol. The zero-order valence-corrected chi connectivity index (χ0v) is 6.02. The Morgan fingerprint density at radius 1 is 1.67 bits per heavy atom. The lowest BCUT2D eigenvalue weighted by atomic mass is 11.0. The Kier molecular flexibility index (Phi) is 4.88. The fourth-order valence-corrected chi connectivity index (χ4v) is 0.761. The van der Waals surface area contributed by atoms with Crippen LogP contribution in [0.1, 0.15) is 6.92 Å². The minimum Gasteiger partial charge on any atom is -0.120 e. The molecule has 0 aromatic heterocycles. The summed E-state index contributed by atoms with van der Waals surface area (Å²) in [6, 6.07) is 0. The second-order valence-electron chi connectivity index (χ2n) is 0.898. The van der Waals surface area contributed by atoms with Gasteiger partial charge in [0.25, 0.3) is 0 Å². The number of rotatable bonds is 2. The zero-order chi connectivity index (χ0) is 4.99. The Balaban J connectivity index is 2.75. The molecule has 0 aliphatic carbocycles. The van der Waals surface area contributed by atoms with Crippen LogP contribution in [0.3, 0.4) is 0 Å². The number of halogens is 2. The van der Waals surface area contributed by atoms with Crippen LogP contribution in [0.2, 0.25) is 0 Å². The Morgan fingerprint density at radius 2 is 2.17 bits per heavy atom. The maximum atomic E-state index is 5.58. The van der Waals surface area contributed by atoms with E-state index in [1.807, 2.05) is 6.92 Å². The van der Waals surface area contributed by atoms with Crippen molar-refractivity contribution in [3.8, 4) is 0 Å². The van der Waals surface area contributed by atoms with Crippen LogP contribution in [0.25, 0.3) is 0 Å². The summed E-state index contributed by atoms with van der Waals surface area (Å²) < 4.78 is 0. The molecule has 0 fully saturated rings. The van der Waals surface area contributed by atoms with Gasteiger partial charge >= 0.3 is 0 Å². The Hall–Kier alpha value is 1.01. The molecule has 0 bridgehead atoms. The first-order valence-corrected chi connectivity index (χ1v) is 4.93. The second kappa shape index (κ2) is 4.18. The molecule has 0 saturated heterocycles. The van der Waals surface area contributed by atoms with E-state index in [1.165, 1.54) is 0 Å². The van der Waals surface area contributed by atoms with Crippen molar-refractivity contribution >= 4 is 30.1 Å². The minimum absolute atomic E-state index is 0.338. The normalized spacial score (nSPS) is 14.5. The lowest BCUT2D eigenvalue weighted by molar-refractivity contribution is 1.51. The van der Waals surface area contributed by atoms with Crippen LogP contribution in [0, 0.1) is 0 Å². The molecule has 38 valence electrons. The molecule has 0 aromatic carbocycles. The van der Waals surface area contributed by atoms with Crippen molar-refractivity contribution in [2.75, 3.05) is 11.8 Å². The molecule has 0 heterocycles. The third kappa shape index (κ3) is 3.21. The van der Waals surface area contributed by atoms with E-state index in [0.717, 1.165) is 6.16 Å². The van der Waals surface area contributed by atoms with Gasteiger partial charge in [-0.3, -0.25) is 0 Å². The maximum absolute atomic E-state index is 5.58. The summed E-state index contributed by atoms with van der Waals surface area (Å²) in [5, 5.41) is 0. The Bertz CT molecular complexity index is 28.0. The van der Waals surface area contributed by atoms with Gasteiger partial charge in [-0.15, -0.1) is 11.6 Å². The van der Waals surface area contributed by atoms with Crippen LogP contribution in [0.15, 0.2) is 0 Å². The molecule has 0 spiro atoms. The zero-order valence-electron chi connectivity index (χ0n) is 3.62. The van der Waals surface area contributed by atoms with Crippen LogP contribution < -0.4 is 0 Å².